The highest BCUT2D eigenvalue weighted by Gasteiger charge is 2.27. The third-order valence-electron chi connectivity index (χ3n) is 6.04. The van der Waals surface area contributed by atoms with Crippen molar-refractivity contribution in [2.24, 2.45) is 10.1 Å². The maximum atomic E-state index is 11.6. The number of rotatable bonds is 6. The molecule has 10 heteroatoms. The third-order valence-corrected chi connectivity index (χ3v) is 6.65. The molecular formula is C24H31N5O4S. The first-order chi connectivity index (χ1) is 16.2. The Morgan fingerprint density at radius 3 is 2.88 bits per heavy atom. The first-order valence-electron chi connectivity index (χ1n) is 11.6. The lowest BCUT2D eigenvalue weighted by Gasteiger charge is -2.26. The first kappa shape index (κ1) is 24.3. The summed E-state index contributed by atoms with van der Waals surface area (Å²) in [5.41, 5.74) is 6.84. The number of nitrogens with zero attached hydrogens (tertiary/aromatic N) is 3. The van der Waals surface area contributed by atoms with Crippen molar-refractivity contribution in [1.29, 1.82) is 0 Å². The van der Waals surface area contributed by atoms with Gasteiger partial charge in [0, 0.05) is 19.0 Å². The zero-order chi connectivity index (χ0) is 24.3. The minimum absolute atomic E-state index is 0.0704. The van der Waals surface area contributed by atoms with Crippen molar-refractivity contribution in [2.45, 2.75) is 70.4 Å². The molecule has 0 bridgehead atoms. The molecule has 3 aliphatic carbocycles. The van der Waals surface area contributed by atoms with Crippen molar-refractivity contribution in [2.75, 3.05) is 7.05 Å². The largest absolute Gasteiger partial charge is 0.489 e. The van der Waals surface area contributed by atoms with Crippen molar-refractivity contribution < 1.29 is 17.7 Å². The van der Waals surface area contributed by atoms with E-state index in [0.29, 0.717) is 23.7 Å². The molecule has 1 heterocycles. The maximum Gasteiger partial charge on any atom is 0.274 e. The Bertz CT molecular complexity index is 1230. The minimum Gasteiger partial charge on any atom is -0.489 e. The predicted molar refractivity (Wildman–Crippen MR) is 130 cm³/mol. The average Bonchev–Trinajstić information content (AvgIpc) is 3.02. The lowest BCUT2D eigenvalue weighted by atomic mass is 9.86. The van der Waals surface area contributed by atoms with Gasteiger partial charge in [-0.05, 0) is 75.7 Å². The van der Waals surface area contributed by atoms with Gasteiger partial charge in [0.15, 0.2) is 0 Å². The van der Waals surface area contributed by atoms with E-state index in [1.165, 1.54) is 0 Å². The summed E-state index contributed by atoms with van der Waals surface area (Å²) in [4.78, 5) is 9.09. The van der Waals surface area contributed by atoms with Gasteiger partial charge in [0.1, 0.15) is 5.76 Å². The van der Waals surface area contributed by atoms with Crippen LogP contribution in [0.5, 0.6) is 0 Å². The van der Waals surface area contributed by atoms with Crippen LogP contribution >= 0.6 is 0 Å². The summed E-state index contributed by atoms with van der Waals surface area (Å²) in [5, 5.41) is 9.43. The topological polar surface area (TPSA) is 133 Å². The second kappa shape index (κ2) is 10.2. The number of allylic oxidation sites excluding steroid dienone is 5. The molecule has 1 aromatic rings. The summed E-state index contributed by atoms with van der Waals surface area (Å²) in [7, 11) is -2.02. The summed E-state index contributed by atoms with van der Waals surface area (Å²) < 4.78 is 37.3. The van der Waals surface area contributed by atoms with Gasteiger partial charge in [-0.3, -0.25) is 4.99 Å². The number of hydrogen-bond donors (Lipinski definition) is 2. The van der Waals surface area contributed by atoms with Gasteiger partial charge in [-0.25, -0.2) is 5.14 Å². The van der Waals surface area contributed by atoms with Crippen LogP contribution in [0.15, 0.2) is 56.5 Å². The van der Waals surface area contributed by atoms with Gasteiger partial charge in [0.25, 0.3) is 10.2 Å². The van der Waals surface area contributed by atoms with Crippen LogP contribution < -0.4 is 9.86 Å². The Hall–Kier alpha value is -2.78. The van der Waals surface area contributed by atoms with E-state index in [4.69, 9.17) is 14.4 Å². The molecular weight excluding hydrogens is 454 g/mol. The highest BCUT2D eigenvalue weighted by Crippen LogP contribution is 2.33. The van der Waals surface area contributed by atoms with Crippen LogP contribution in [0, 0.1) is 0 Å². The molecule has 3 aliphatic rings. The fourth-order valence-electron chi connectivity index (χ4n) is 4.49. The molecule has 9 nitrogen and oxygen atoms in total. The van der Waals surface area contributed by atoms with Crippen molar-refractivity contribution in [3.63, 3.8) is 0 Å². The summed E-state index contributed by atoms with van der Waals surface area (Å²) in [6.07, 6.45) is 12.4. The highest BCUT2D eigenvalue weighted by atomic mass is 32.2. The van der Waals surface area contributed by atoms with Gasteiger partial charge < -0.3 is 9.26 Å². The second-order valence-electron chi connectivity index (χ2n) is 8.94. The normalized spacial score (nSPS) is 24.6. The molecule has 4 rings (SSSR count). The van der Waals surface area contributed by atoms with Crippen LogP contribution in [-0.2, 0) is 14.9 Å². The van der Waals surface area contributed by atoms with Crippen molar-refractivity contribution in [3.05, 3.63) is 58.7 Å². The van der Waals surface area contributed by atoms with Gasteiger partial charge in [-0.15, -0.1) is 5.73 Å². The molecule has 2 unspecified atom stereocenters. The minimum atomic E-state index is -3.81. The Balaban J connectivity index is 1.58. The number of ether oxygens (including phenoxy) is 1. The summed E-state index contributed by atoms with van der Waals surface area (Å²) >= 11 is 0. The van der Waals surface area contributed by atoms with Crippen molar-refractivity contribution in [3.8, 4) is 0 Å². The van der Waals surface area contributed by atoms with Gasteiger partial charge in [0.2, 0.25) is 11.7 Å². The number of aliphatic imine (C=N–C) groups is 1. The van der Waals surface area contributed by atoms with Crippen LogP contribution in [0.3, 0.4) is 0 Å². The smallest absolute Gasteiger partial charge is 0.274 e. The van der Waals surface area contributed by atoms with Crippen LogP contribution in [0.25, 0.3) is 5.57 Å². The Morgan fingerprint density at radius 1 is 1.32 bits per heavy atom. The van der Waals surface area contributed by atoms with E-state index in [2.05, 4.69) is 31.7 Å². The molecule has 3 N–H and O–H groups in total. The molecule has 34 heavy (non-hydrogen) atoms. The quantitative estimate of drug-likeness (QED) is 0.593. The Labute approximate surface area is 200 Å². The third kappa shape index (κ3) is 5.82. The molecule has 0 spiro atoms. The molecule has 0 aromatic carbocycles. The van der Waals surface area contributed by atoms with Crippen molar-refractivity contribution >= 4 is 21.5 Å². The monoisotopic (exact) mass is 485 g/mol. The van der Waals surface area contributed by atoms with E-state index in [1.807, 2.05) is 32.1 Å². The summed E-state index contributed by atoms with van der Waals surface area (Å²) in [6.45, 7) is 4.01. The van der Waals surface area contributed by atoms with E-state index in [9.17, 15) is 8.42 Å². The average molecular weight is 486 g/mol. The molecule has 0 aliphatic heterocycles. The number of aromatic nitrogens is 2. The number of fused-ring (bicyclic) bond motifs is 1. The lowest BCUT2D eigenvalue weighted by molar-refractivity contribution is 0.162. The van der Waals surface area contributed by atoms with Gasteiger partial charge in [0.05, 0.1) is 17.4 Å². The molecule has 0 amide bonds. The molecule has 1 saturated carbocycles. The molecule has 182 valence electrons. The number of hydrogen-bond acceptors (Lipinski definition) is 7. The fourth-order valence-corrected chi connectivity index (χ4v) is 5.14. The summed E-state index contributed by atoms with van der Waals surface area (Å²) in [5.74, 6) is 1.94. The Kier molecular flexibility index (Phi) is 7.33. The van der Waals surface area contributed by atoms with Crippen LogP contribution in [0.4, 0.5) is 0 Å². The standard InChI is InChI=1S/C24H31N5O4S/c1-15(2)32-22-13-11-16(10-12-21(22)26-3)24-27-23(28-33-24)18-7-4-8-19-17(14-18)6-5-9-20(19)29-34(25,30)31/h4,7-8,13,15-16,20,29H,5-6,9-12H2,1-3H3,(H2,25,30,31). The lowest BCUT2D eigenvalue weighted by Crippen LogP contribution is -2.42. The van der Waals surface area contributed by atoms with Crippen LogP contribution in [0.1, 0.15) is 70.0 Å². The predicted octanol–water partition coefficient (Wildman–Crippen LogP) is 3.47. The molecule has 0 saturated heterocycles. The second-order valence-corrected chi connectivity index (χ2v) is 10.3. The first-order valence-corrected chi connectivity index (χ1v) is 13.1. The van der Waals surface area contributed by atoms with Crippen molar-refractivity contribution in [1.82, 2.24) is 14.9 Å². The fraction of sp³-hybridized carbons (Fsp3) is 0.500. The molecule has 2 atom stereocenters. The summed E-state index contributed by atoms with van der Waals surface area (Å²) in [6, 6.07) is -0.370. The van der Waals surface area contributed by atoms with Gasteiger partial charge >= 0.3 is 0 Å². The van der Waals surface area contributed by atoms with Crippen LogP contribution in [0.2, 0.25) is 0 Å². The maximum absolute atomic E-state index is 11.6. The van der Waals surface area contributed by atoms with E-state index in [-0.39, 0.29) is 18.1 Å². The van der Waals surface area contributed by atoms with Gasteiger partial charge in [-0.1, -0.05) is 17.3 Å². The highest BCUT2D eigenvalue weighted by molar-refractivity contribution is 7.87. The van der Waals surface area contributed by atoms with Crippen LogP contribution in [-0.4, -0.2) is 43.5 Å². The Morgan fingerprint density at radius 2 is 2.15 bits per heavy atom. The van der Waals surface area contributed by atoms with E-state index < -0.39 is 10.2 Å². The molecule has 0 radical (unpaired) electrons. The SMILES string of the molecule is CN=C1CCC(c2nc(C3=C=C4CCCC(NS(N)(=O)=O)C4=CC=C3)no2)CC=C1OC(C)C. The molecule has 1 aromatic heterocycles. The van der Waals surface area contributed by atoms with Gasteiger partial charge in [-0.2, -0.15) is 18.1 Å². The number of nitrogens with two attached hydrogens (primary N) is 1. The zero-order valence-corrected chi connectivity index (χ0v) is 20.6. The van der Waals surface area contributed by atoms with E-state index >= 15 is 0 Å². The van der Waals surface area contributed by atoms with E-state index in [1.54, 1.807) is 7.05 Å². The van der Waals surface area contributed by atoms with E-state index in [0.717, 1.165) is 54.7 Å². The molecule has 1 fully saturated rings. The zero-order valence-electron chi connectivity index (χ0n) is 19.7. The number of nitrogens with one attached hydrogen (secondary N) is 1.